The van der Waals surface area contributed by atoms with E-state index in [4.69, 9.17) is 4.74 Å². The molecule has 12 heteroatoms. The van der Waals surface area contributed by atoms with E-state index in [0.29, 0.717) is 19.0 Å². The van der Waals surface area contributed by atoms with Crippen LogP contribution in [0.15, 0.2) is 41.9 Å². The van der Waals surface area contributed by atoms with Crippen LogP contribution in [0.25, 0.3) is 11.2 Å². The molecule has 35 heavy (non-hydrogen) atoms. The van der Waals surface area contributed by atoms with Crippen molar-refractivity contribution in [1.82, 2.24) is 30.0 Å². The van der Waals surface area contributed by atoms with Gasteiger partial charge in [0.2, 0.25) is 11.5 Å². The highest BCUT2D eigenvalue weighted by atomic mass is 32.1. The molecule has 2 N–H and O–H groups in total. The van der Waals surface area contributed by atoms with Crippen LogP contribution in [0.1, 0.15) is 33.0 Å². The predicted molar refractivity (Wildman–Crippen MR) is 127 cm³/mol. The van der Waals surface area contributed by atoms with Crippen LogP contribution in [0, 0.1) is 5.92 Å². The molecule has 2 amide bonds. The zero-order valence-electron chi connectivity index (χ0n) is 18.7. The number of likely N-dealkylation sites (tertiary alicyclic amines) is 1. The van der Waals surface area contributed by atoms with E-state index < -0.39 is 11.7 Å². The molecule has 5 rings (SSSR count). The van der Waals surface area contributed by atoms with Crippen molar-refractivity contribution in [3.05, 3.63) is 58.9 Å². The van der Waals surface area contributed by atoms with Gasteiger partial charge in [-0.15, -0.1) is 11.3 Å². The second-order valence-electron chi connectivity index (χ2n) is 8.07. The summed E-state index contributed by atoms with van der Waals surface area (Å²) in [7, 11) is 1.38. The molecule has 0 radical (unpaired) electrons. The second-order valence-corrected chi connectivity index (χ2v) is 8.96. The van der Waals surface area contributed by atoms with Crippen molar-refractivity contribution in [2.45, 2.75) is 12.8 Å². The number of ketones is 1. The molecule has 0 bridgehead atoms. The van der Waals surface area contributed by atoms with Crippen LogP contribution < -0.4 is 10.1 Å². The van der Waals surface area contributed by atoms with Gasteiger partial charge in [-0.3, -0.25) is 24.8 Å². The van der Waals surface area contributed by atoms with Gasteiger partial charge in [0.05, 0.1) is 7.11 Å². The molecule has 1 saturated heterocycles. The maximum atomic E-state index is 13.4. The number of anilines is 1. The summed E-state index contributed by atoms with van der Waals surface area (Å²) in [5.74, 6) is -1.82. The molecule has 1 atom stereocenters. The van der Waals surface area contributed by atoms with Crippen LogP contribution in [0.2, 0.25) is 0 Å². The van der Waals surface area contributed by atoms with Crippen molar-refractivity contribution in [3.8, 4) is 5.88 Å². The number of ether oxygens (including phenoxy) is 1. The van der Waals surface area contributed by atoms with Gasteiger partial charge in [-0.05, 0) is 24.3 Å². The topological polar surface area (TPSA) is 143 Å². The molecule has 178 valence electrons. The van der Waals surface area contributed by atoms with E-state index in [2.05, 4.69) is 42.6 Å². The van der Waals surface area contributed by atoms with Crippen LogP contribution in [0.4, 0.5) is 5.13 Å². The van der Waals surface area contributed by atoms with Crippen LogP contribution in [0.5, 0.6) is 5.88 Å². The van der Waals surface area contributed by atoms with Gasteiger partial charge in [0, 0.05) is 24.7 Å². The van der Waals surface area contributed by atoms with E-state index in [9.17, 15) is 14.4 Å². The van der Waals surface area contributed by atoms with Crippen molar-refractivity contribution >= 4 is 45.2 Å². The number of H-pyrrole nitrogens is 1. The molecule has 1 aromatic carbocycles. The zero-order chi connectivity index (χ0) is 24.4. The minimum atomic E-state index is -0.903. The minimum Gasteiger partial charge on any atom is -0.479 e. The number of fused-ring (bicyclic) bond motifs is 1. The third kappa shape index (κ3) is 4.60. The summed E-state index contributed by atoms with van der Waals surface area (Å²) in [6, 6.07) is 10.1. The van der Waals surface area contributed by atoms with Gasteiger partial charge in [0.1, 0.15) is 11.2 Å². The molecule has 11 nitrogen and oxygen atoms in total. The van der Waals surface area contributed by atoms with E-state index >= 15 is 0 Å². The number of carbonyl (C=O) groups excluding carboxylic acids is 3. The molecule has 3 aromatic heterocycles. The highest BCUT2D eigenvalue weighted by Crippen LogP contribution is 2.26. The van der Waals surface area contributed by atoms with Gasteiger partial charge in [0.15, 0.2) is 10.8 Å². The average molecular weight is 492 g/mol. The highest BCUT2D eigenvalue weighted by Gasteiger charge is 2.32. The smallest absolute Gasteiger partial charge is 0.300 e. The molecule has 0 spiro atoms. The maximum Gasteiger partial charge on any atom is 0.300 e. The Hall–Kier alpha value is -4.19. The van der Waals surface area contributed by atoms with E-state index in [0.717, 1.165) is 12.8 Å². The molecule has 1 unspecified atom stereocenters. The number of aromatic nitrogens is 5. The van der Waals surface area contributed by atoms with Crippen LogP contribution >= 0.6 is 11.3 Å². The molecule has 1 fully saturated rings. The van der Waals surface area contributed by atoms with Crippen molar-refractivity contribution in [2.75, 3.05) is 25.5 Å². The van der Waals surface area contributed by atoms with Gasteiger partial charge in [-0.2, -0.15) is 10.1 Å². The fourth-order valence-corrected chi connectivity index (χ4v) is 4.62. The highest BCUT2D eigenvalue weighted by molar-refractivity contribution is 7.13. The first-order chi connectivity index (χ1) is 17.0. The van der Waals surface area contributed by atoms with Crippen molar-refractivity contribution < 1.29 is 19.1 Å². The number of Topliss-reactive ketones (excluding diaryl/α,β-unsaturated/α-hetero) is 1. The molecule has 1 aliphatic rings. The summed E-state index contributed by atoms with van der Waals surface area (Å²) < 4.78 is 5.30. The third-order valence-corrected chi connectivity index (χ3v) is 6.47. The van der Waals surface area contributed by atoms with Crippen LogP contribution in [-0.2, 0) is 11.2 Å². The molecule has 0 aliphatic carbocycles. The largest absolute Gasteiger partial charge is 0.479 e. The third-order valence-electron chi connectivity index (χ3n) is 5.78. The fraction of sp³-hybridized carbons (Fsp3) is 0.261. The summed E-state index contributed by atoms with van der Waals surface area (Å²) in [4.78, 5) is 52.8. The molecule has 1 aliphatic heterocycles. The molecular weight excluding hydrogens is 470 g/mol. The lowest BCUT2D eigenvalue weighted by atomic mass is 9.99. The summed E-state index contributed by atoms with van der Waals surface area (Å²) in [5.41, 5.74) is 1.11. The van der Waals surface area contributed by atoms with E-state index in [1.54, 1.807) is 10.3 Å². The number of thiazole rings is 1. The number of hydrogen-bond acceptors (Lipinski definition) is 9. The Balaban J connectivity index is 1.38. The van der Waals surface area contributed by atoms with E-state index in [1.165, 1.54) is 30.2 Å². The van der Waals surface area contributed by atoms with E-state index in [1.807, 2.05) is 18.2 Å². The normalized spacial score (nSPS) is 15.3. The first-order valence-electron chi connectivity index (χ1n) is 10.9. The maximum absolute atomic E-state index is 13.4. The molecule has 0 saturated carbocycles. The number of hydrogen-bond donors (Lipinski definition) is 2. The molecule has 4 aromatic rings. The summed E-state index contributed by atoms with van der Waals surface area (Å²) in [5, 5.41) is 10.9. The average Bonchev–Trinajstić information content (AvgIpc) is 3.64. The minimum absolute atomic E-state index is 0.00625. The molecule has 4 heterocycles. The Bertz CT molecular complexity index is 1390. The van der Waals surface area contributed by atoms with Crippen molar-refractivity contribution in [1.29, 1.82) is 0 Å². The predicted octanol–water partition coefficient (Wildman–Crippen LogP) is 2.34. The number of amides is 2. The number of rotatable bonds is 7. The fourth-order valence-electron chi connectivity index (χ4n) is 4.09. The Labute approximate surface area is 203 Å². The lowest BCUT2D eigenvalue weighted by Crippen LogP contribution is -2.30. The Morgan fingerprint density at radius 3 is 2.80 bits per heavy atom. The van der Waals surface area contributed by atoms with Crippen molar-refractivity contribution in [3.63, 3.8) is 0 Å². The lowest BCUT2D eigenvalue weighted by molar-refractivity contribution is -0.112. The van der Waals surface area contributed by atoms with Gasteiger partial charge in [-0.1, -0.05) is 30.3 Å². The number of methoxy groups -OCH3 is 1. The summed E-state index contributed by atoms with van der Waals surface area (Å²) >= 11 is 1.18. The second kappa shape index (κ2) is 9.58. The number of nitrogens with one attached hydrogen (secondary N) is 2. The number of benzene rings is 1. The number of carbonyl (C=O) groups is 3. The summed E-state index contributed by atoms with van der Waals surface area (Å²) in [6.07, 6.45) is 3.25. The Morgan fingerprint density at radius 1 is 1.23 bits per heavy atom. The Morgan fingerprint density at radius 2 is 2.06 bits per heavy atom. The van der Waals surface area contributed by atoms with Crippen LogP contribution in [0.3, 0.4) is 0 Å². The van der Waals surface area contributed by atoms with Gasteiger partial charge in [-0.25, -0.2) is 9.97 Å². The quantitative estimate of drug-likeness (QED) is 0.296. The lowest BCUT2D eigenvalue weighted by Gasteiger charge is -2.17. The summed E-state index contributed by atoms with van der Waals surface area (Å²) in [6.45, 7) is 1.15. The first-order valence-corrected chi connectivity index (χ1v) is 11.8. The van der Waals surface area contributed by atoms with Crippen LogP contribution in [-0.4, -0.2) is 67.8 Å². The number of aromatic amines is 1. The molecular formula is C23H21N7O4S. The van der Waals surface area contributed by atoms with E-state index in [-0.39, 0.29) is 39.5 Å². The van der Waals surface area contributed by atoms with Gasteiger partial charge in [0.25, 0.3) is 17.6 Å². The Kier molecular flexibility index (Phi) is 6.19. The van der Waals surface area contributed by atoms with Gasteiger partial charge >= 0.3 is 0 Å². The zero-order valence-corrected chi connectivity index (χ0v) is 19.5. The SMILES string of the molecule is COc1nc2n[nH]c(C(=O)C(=O)Nc3nccs3)c2nc1C(=O)N1CCC(Cc2ccccc2)C1. The van der Waals surface area contributed by atoms with Crippen molar-refractivity contribution in [2.24, 2.45) is 5.92 Å². The monoisotopic (exact) mass is 491 g/mol. The standard InChI is InChI=1S/C23H21N7O4S/c1-34-21-17(22(33)30-9-7-14(12-30)11-13-5-3-2-4-6-13)25-16-15(28-29-19(16)26-21)18(31)20(32)27-23-24-8-10-35-23/h2-6,8,10,14H,7,9,11-12H2,1H3,(H,24,27,32)(H,26,28,29). The van der Waals surface area contributed by atoms with Gasteiger partial charge < -0.3 is 9.64 Å². The number of nitrogens with zero attached hydrogens (tertiary/aromatic N) is 5. The first kappa shape index (κ1) is 22.6.